The number of hydrogen-bond acceptors (Lipinski definition) is 4. The molecule has 1 N–H and O–H groups in total. The van der Waals surface area contributed by atoms with Gasteiger partial charge in [0.05, 0.1) is 18.1 Å². The molecule has 1 aromatic carbocycles. The minimum Gasteiger partial charge on any atom is -0.382 e. The van der Waals surface area contributed by atoms with Crippen molar-refractivity contribution in [3.8, 4) is 0 Å². The van der Waals surface area contributed by atoms with Crippen molar-refractivity contribution in [3.05, 3.63) is 35.0 Å². The van der Waals surface area contributed by atoms with Gasteiger partial charge in [-0.25, -0.2) is 9.87 Å². The summed E-state index contributed by atoms with van der Waals surface area (Å²) in [7, 11) is 1.55. The van der Waals surface area contributed by atoms with Gasteiger partial charge in [-0.1, -0.05) is 0 Å². The van der Waals surface area contributed by atoms with E-state index in [9.17, 15) is 9.18 Å². The van der Waals surface area contributed by atoms with Crippen LogP contribution in [0.3, 0.4) is 0 Å². The third-order valence-electron chi connectivity index (χ3n) is 2.26. The van der Waals surface area contributed by atoms with Gasteiger partial charge in [0.1, 0.15) is 5.82 Å². The van der Waals surface area contributed by atoms with Crippen molar-refractivity contribution in [1.29, 1.82) is 0 Å². The lowest BCUT2D eigenvalue weighted by Gasteiger charge is -2.02. The van der Waals surface area contributed by atoms with Crippen LogP contribution in [0.5, 0.6) is 0 Å². The zero-order valence-electron chi connectivity index (χ0n) is 9.73. The fraction of sp³-hybridized carbons (Fsp3) is 0.250. The van der Waals surface area contributed by atoms with E-state index in [0.29, 0.717) is 16.9 Å². The summed E-state index contributed by atoms with van der Waals surface area (Å²) in [6, 6.07) is 6.06. The first-order chi connectivity index (χ1) is 8.70. The summed E-state index contributed by atoms with van der Waals surface area (Å²) in [5, 5.41) is 0.710. The lowest BCUT2D eigenvalue weighted by molar-refractivity contribution is 0.00915. The van der Waals surface area contributed by atoms with E-state index in [1.54, 1.807) is 19.2 Å². The quantitative estimate of drug-likeness (QED) is 0.669. The van der Waals surface area contributed by atoms with E-state index >= 15 is 0 Å². The molecule has 1 amide bonds. The van der Waals surface area contributed by atoms with Gasteiger partial charge in [-0.2, -0.15) is 0 Å². The molecule has 96 valence electrons. The third-order valence-corrected chi connectivity index (χ3v) is 3.37. The maximum Gasteiger partial charge on any atom is 0.284 e. The number of hydrogen-bond donors (Lipinski definition) is 1. The molecular weight excluding hydrogens is 257 g/mol. The molecule has 0 unspecified atom stereocenters. The first kappa shape index (κ1) is 12.9. The summed E-state index contributed by atoms with van der Waals surface area (Å²) in [5.74, 6) is -0.656. The molecule has 0 aliphatic heterocycles. The Hall–Kier alpha value is -1.50. The average molecular weight is 269 g/mol. The molecule has 2 aromatic rings. The first-order valence-electron chi connectivity index (χ1n) is 5.31. The second kappa shape index (κ2) is 5.90. The van der Waals surface area contributed by atoms with Gasteiger partial charge >= 0.3 is 0 Å². The highest BCUT2D eigenvalue weighted by molar-refractivity contribution is 7.20. The highest BCUT2D eigenvalue weighted by Gasteiger charge is 2.10. The molecule has 4 nitrogen and oxygen atoms in total. The van der Waals surface area contributed by atoms with Crippen LogP contribution in [0, 0.1) is 5.82 Å². The number of carbonyl (C=O) groups is 1. The molecule has 0 bridgehead atoms. The lowest BCUT2D eigenvalue weighted by Crippen LogP contribution is -2.24. The SMILES string of the molecule is COCCONC(=O)c1cc2cc(F)ccc2s1. The fourth-order valence-corrected chi connectivity index (χ4v) is 2.35. The van der Waals surface area contributed by atoms with E-state index in [1.807, 2.05) is 0 Å². The fourth-order valence-electron chi connectivity index (χ4n) is 1.42. The largest absolute Gasteiger partial charge is 0.382 e. The highest BCUT2D eigenvalue weighted by Crippen LogP contribution is 2.26. The van der Waals surface area contributed by atoms with Crippen LogP contribution in [0.25, 0.3) is 10.1 Å². The predicted octanol–water partition coefficient (Wildman–Crippen LogP) is 2.35. The van der Waals surface area contributed by atoms with Crippen LogP contribution in [0.15, 0.2) is 24.3 Å². The van der Waals surface area contributed by atoms with Gasteiger partial charge in [-0.3, -0.25) is 9.63 Å². The Kier molecular flexibility index (Phi) is 4.24. The summed E-state index contributed by atoms with van der Waals surface area (Å²) in [6.45, 7) is 0.680. The number of nitrogens with one attached hydrogen (secondary N) is 1. The van der Waals surface area contributed by atoms with Crippen LogP contribution in [0.2, 0.25) is 0 Å². The van der Waals surface area contributed by atoms with E-state index in [0.717, 1.165) is 4.70 Å². The molecule has 0 atom stereocenters. The molecule has 6 heteroatoms. The van der Waals surface area contributed by atoms with Crippen molar-refractivity contribution in [2.75, 3.05) is 20.3 Å². The molecule has 0 fully saturated rings. The molecule has 0 aliphatic carbocycles. The number of methoxy groups -OCH3 is 1. The van der Waals surface area contributed by atoms with E-state index in [4.69, 9.17) is 9.57 Å². The number of amides is 1. The van der Waals surface area contributed by atoms with E-state index in [-0.39, 0.29) is 18.3 Å². The molecule has 0 radical (unpaired) electrons. The van der Waals surface area contributed by atoms with Gasteiger partial charge in [-0.05, 0) is 29.7 Å². The number of thiophene rings is 1. The molecule has 1 aromatic heterocycles. The van der Waals surface area contributed by atoms with Crippen LogP contribution in [-0.4, -0.2) is 26.2 Å². The van der Waals surface area contributed by atoms with Gasteiger partial charge in [0.15, 0.2) is 0 Å². The number of fused-ring (bicyclic) bond motifs is 1. The van der Waals surface area contributed by atoms with Crippen molar-refractivity contribution < 1.29 is 18.8 Å². The van der Waals surface area contributed by atoms with E-state index < -0.39 is 0 Å². The Balaban J connectivity index is 2.04. The molecular formula is C12H12FNO3S. The minimum absolute atomic E-state index is 0.280. The molecule has 2 rings (SSSR count). The summed E-state index contributed by atoms with van der Waals surface area (Å²) < 4.78 is 18.6. The van der Waals surface area contributed by atoms with Crippen molar-refractivity contribution in [1.82, 2.24) is 5.48 Å². The first-order valence-corrected chi connectivity index (χ1v) is 6.12. The second-order valence-corrected chi connectivity index (χ2v) is 4.65. The normalized spacial score (nSPS) is 10.8. The monoisotopic (exact) mass is 269 g/mol. The van der Waals surface area contributed by atoms with Gasteiger partial charge < -0.3 is 4.74 Å². The van der Waals surface area contributed by atoms with Crippen LogP contribution < -0.4 is 5.48 Å². The Bertz CT molecular complexity index is 555. The summed E-state index contributed by atoms with van der Waals surface area (Å²) in [6.07, 6.45) is 0. The zero-order valence-corrected chi connectivity index (χ0v) is 10.6. The summed E-state index contributed by atoms with van der Waals surface area (Å²) in [4.78, 5) is 17.1. The molecule has 1 heterocycles. The molecule has 0 spiro atoms. The minimum atomic E-state index is -0.340. The standard InChI is InChI=1S/C12H12FNO3S/c1-16-4-5-17-14-12(15)11-7-8-6-9(13)2-3-10(8)18-11/h2-3,6-7H,4-5H2,1H3,(H,14,15). The van der Waals surface area contributed by atoms with Gasteiger partial charge in [0.25, 0.3) is 5.91 Å². The Morgan fingerprint density at radius 3 is 3.00 bits per heavy atom. The lowest BCUT2D eigenvalue weighted by atomic mass is 10.2. The van der Waals surface area contributed by atoms with Crippen LogP contribution in [-0.2, 0) is 9.57 Å². The Labute approximate surface area is 107 Å². The maximum absolute atomic E-state index is 13.0. The third kappa shape index (κ3) is 3.04. The van der Waals surface area contributed by atoms with Crippen molar-refractivity contribution >= 4 is 27.3 Å². The molecule has 0 aliphatic rings. The molecule has 0 saturated carbocycles. The van der Waals surface area contributed by atoms with Gasteiger partial charge in [-0.15, -0.1) is 11.3 Å². The van der Waals surface area contributed by atoms with Gasteiger partial charge in [0.2, 0.25) is 0 Å². The number of ether oxygens (including phenoxy) is 1. The number of rotatable bonds is 5. The van der Waals surface area contributed by atoms with Crippen molar-refractivity contribution in [2.24, 2.45) is 0 Å². The molecule has 18 heavy (non-hydrogen) atoms. The Morgan fingerprint density at radius 2 is 2.22 bits per heavy atom. The smallest absolute Gasteiger partial charge is 0.284 e. The number of benzene rings is 1. The topological polar surface area (TPSA) is 47.6 Å². The maximum atomic E-state index is 13.0. The summed E-state index contributed by atoms with van der Waals surface area (Å²) >= 11 is 1.29. The van der Waals surface area contributed by atoms with Crippen molar-refractivity contribution in [2.45, 2.75) is 0 Å². The second-order valence-electron chi connectivity index (χ2n) is 3.57. The number of hydroxylamine groups is 1. The van der Waals surface area contributed by atoms with Crippen LogP contribution >= 0.6 is 11.3 Å². The zero-order chi connectivity index (χ0) is 13.0. The van der Waals surface area contributed by atoms with E-state index in [1.165, 1.54) is 23.5 Å². The predicted molar refractivity (Wildman–Crippen MR) is 67.1 cm³/mol. The Morgan fingerprint density at radius 1 is 1.39 bits per heavy atom. The van der Waals surface area contributed by atoms with Crippen molar-refractivity contribution in [3.63, 3.8) is 0 Å². The number of carbonyl (C=O) groups excluding carboxylic acids is 1. The van der Waals surface area contributed by atoms with Gasteiger partial charge in [0, 0.05) is 11.8 Å². The van der Waals surface area contributed by atoms with E-state index in [2.05, 4.69) is 5.48 Å². The summed E-state index contributed by atoms with van der Waals surface area (Å²) in [5.41, 5.74) is 2.31. The number of halogens is 1. The van der Waals surface area contributed by atoms with Crippen LogP contribution in [0.1, 0.15) is 9.67 Å². The highest BCUT2D eigenvalue weighted by atomic mass is 32.1. The molecule has 0 saturated heterocycles. The average Bonchev–Trinajstić information content (AvgIpc) is 2.77. The van der Waals surface area contributed by atoms with Crippen LogP contribution in [0.4, 0.5) is 4.39 Å².